The molecule has 1 aromatic carbocycles. The van der Waals surface area contributed by atoms with Crippen LogP contribution < -0.4 is 10.6 Å². The number of hydrogen-bond donors (Lipinski definition) is 2. The summed E-state index contributed by atoms with van der Waals surface area (Å²) in [6, 6.07) is 8.74. The first-order valence-corrected chi connectivity index (χ1v) is 5.24. The zero-order valence-corrected chi connectivity index (χ0v) is 8.93. The highest BCUT2D eigenvalue weighted by molar-refractivity contribution is 5.29. The molecule has 2 heteroatoms. The smallest absolute Gasteiger partial charge is 0.0532 e. The van der Waals surface area contributed by atoms with E-state index in [0.29, 0.717) is 0 Å². The van der Waals surface area contributed by atoms with E-state index in [1.54, 1.807) is 0 Å². The van der Waals surface area contributed by atoms with E-state index in [4.69, 9.17) is 0 Å². The van der Waals surface area contributed by atoms with Crippen LogP contribution in [0.1, 0.15) is 18.1 Å². The molecule has 0 amide bonds. The number of benzene rings is 1. The van der Waals surface area contributed by atoms with Crippen LogP contribution in [0.4, 0.5) is 0 Å². The molecular formula is C12H18N2. The summed E-state index contributed by atoms with van der Waals surface area (Å²) in [6.07, 6.45) is 0. The molecule has 0 spiro atoms. The fraction of sp³-hybridized carbons (Fsp3) is 0.500. The summed E-state index contributed by atoms with van der Waals surface area (Å²) in [5, 5.41) is 7.01. The molecule has 1 saturated heterocycles. The summed E-state index contributed by atoms with van der Waals surface area (Å²) in [6.45, 7) is 7.53. The Morgan fingerprint density at radius 2 is 2.14 bits per heavy atom. The van der Waals surface area contributed by atoms with Crippen LogP contribution >= 0.6 is 0 Å². The van der Waals surface area contributed by atoms with Gasteiger partial charge in [0.2, 0.25) is 0 Å². The minimum atomic E-state index is 0.101. The third kappa shape index (κ3) is 1.81. The Balaban J connectivity index is 2.28. The van der Waals surface area contributed by atoms with Crippen LogP contribution in [0.3, 0.4) is 0 Å². The van der Waals surface area contributed by atoms with Crippen LogP contribution in [-0.2, 0) is 5.54 Å². The first kappa shape index (κ1) is 9.69. The predicted octanol–water partition coefficient (Wildman–Crippen LogP) is 1.40. The van der Waals surface area contributed by atoms with Crippen molar-refractivity contribution in [3.8, 4) is 0 Å². The van der Waals surface area contributed by atoms with Crippen molar-refractivity contribution in [2.24, 2.45) is 0 Å². The van der Waals surface area contributed by atoms with E-state index in [1.807, 2.05) is 0 Å². The van der Waals surface area contributed by atoms with E-state index in [-0.39, 0.29) is 5.54 Å². The Kier molecular flexibility index (Phi) is 2.57. The molecule has 1 aliphatic heterocycles. The van der Waals surface area contributed by atoms with Gasteiger partial charge in [-0.3, -0.25) is 0 Å². The van der Waals surface area contributed by atoms with Gasteiger partial charge in [-0.25, -0.2) is 0 Å². The van der Waals surface area contributed by atoms with Gasteiger partial charge < -0.3 is 10.6 Å². The van der Waals surface area contributed by atoms with E-state index in [9.17, 15) is 0 Å². The van der Waals surface area contributed by atoms with Gasteiger partial charge in [0.15, 0.2) is 0 Å². The van der Waals surface area contributed by atoms with Crippen LogP contribution in [0.25, 0.3) is 0 Å². The topological polar surface area (TPSA) is 24.1 Å². The van der Waals surface area contributed by atoms with Gasteiger partial charge in [-0.05, 0) is 19.4 Å². The monoisotopic (exact) mass is 190 g/mol. The molecule has 0 radical (unpaired) electrons. The molecule has 1 atom stereocenters. The number of hydrogen-bond acceptors (Lipinski definition) is 2. The summed E-state index contributed by atoms with van der Waals surface area (Å²) >= 11 is 0. The second-order valence-electron chi connectivity index (χ2n) is 4.31. The Morgan fingerprint density at radius 3 is 2.79 bits per heavy atom. The maximum Gasteiger partial charge on any atom is 0.0532 e. The summed E-state index contributed by atoms with van der Waals surface area (Å²) in [5.74, 6) is 0. The highest BCUT2D eigenvalue weighted by atomic mass is 15.1. The lowest BCUT2D eigenvalue weighted by molar-refractivity contribution is 0.303. The summed E-state index contributed by atoms with van der Waals surface area (Å²) in [4.78, 5) is 0. The number of nitrogens with one attached hydrogen (secondary N) is 2. The van der Waals surface area contributed by atoms with E-state index in [1.165, 1.54) is 11.1 Å². The fourth-order valence-electron chi connectivity index (χ4n) is 2.02. The van der Waals surface area contributed by atoms with E-state index < -0.39 is 0 Å². The Morgan fingerprint density at radius 1 is 1.29 bits per heavy atom. The van der Waals surface area contributed by atoms with Gasteiger partial charge in [-0.2, -0.15) is 0 Å². The van der Waals surface area contributed by atoms with Gasteiger partial charge in [-0.1, -0.05) is 29.8 Å². The van der Waals surface area contributed by atoms with E-state index in [2.05, 4.69) is 48.7 Å². The molecular weight excluding hydrogens is 172 g/mol. The van der Waals surface area contributed by atoms with Crippen molar-refractivity contribution in [2.45, 2.75) is 19.4 Å². The van der Waals surface area contributed by atoms with Crippen molar-refractivity contribution in [2.75, 3.05) is 19.6 Å². The zero-order chi connectivity index (χ0) is 10.0. The minimum absolute atomic E-state index is 0.101. The second-order valence-corrected chi connectivity index (χ2v) is 4.31. The van der Waals surface area contributed by atoms with Crippen molar-refractivity contribution in [1.82, 2.24) is 10.6 Å². The molecule has 2 nitrogen and oxygen atoms in total. The van der Waals surface area contributed by atoms with Crippen molar-refractivity contribution in [3.63, 3.8) is 0 Å². The largest absolute Gasteiger partial charge is 0.313 e. The molecule has 14 heavy (non-hydrogen) atoms. The van der Waals surface area contributed by atoms with Crippen LogP contribution in [-0.4, -0.2) is 19.6 Å². The predicted molar refractivity (Wildman–Crippen MR) is 59.4 cm³/mol. The van der Waals surface area contributed by atoms with Gasteiger partial charge in [0.05, 0.1) is 5.54 Å². The van der Waals surface area contributed by atoms with Crippen LogP contribution in [0, 0.1) is 6.92 Å². The van der Waals surface area contributed by atoms with Gasteiger partial charge in [0.1, 0.15) is 0 Å². The lowest BCUT2D eigenvalue weighted by atomic mass is 9.89. The molecule has 1 heterocycles. The average Bonchev–Trinajstić information content (AvgIpc) is 2.19. The first-order chi connectivity index (χ1) is 6.71. The molecule has 0 aliphatic carbocycles. The molecule has 0 aromatic heterocycles. The van der Waals surface area contributed by atoms with Crippen LogP contribution in [0.5, 0.6) is 0 Å². The molecule has 76 valence electrons. The number of piperazine rings is 1. The fourth-order valence-corrected chi connectivity index (χ4v) is 2.02. The van der Waals surface area contributed by atoms with Gasteiger partial charge >= 0.3 is 0 Å². The minimum Gasteiger partial charge on any atom is -0.313 e. The number of rotatable bonds is 1. The van der Waals surface area contributed by atoms with Gasteiger partial charge in [0, 0.05) is 19.6 Å². The molecule has 1 unspecified atom stereocenters. The van der Waals surface area contributed by atoms with Crippen molar-refractivity contribution < 1.29 is 0 Å². The Hall–Kier alpha value is -0.860. The van der Waals surface area contributed by atoms with Gasteiger partial charge in [-0.15, -0.1) is 0 Å². The van der Waals surface area contributed by atoms with E-state index in [0.717, 1.165) is 19.6 Å². The third-order valence-electron chi connectivity index (χ3n) is 2.95. The number of aryl methyl sites for hydroxylation is 1. The zero-order valence-electron chi connectivity index (χ0n) is 8.93. The molecule has 0 saturated carbocycles. The summed E-state index contributed by atoms with van der Waals surface area (Å²) in [5.41, 5.74) is 2.81. The van der Waals surface area contributed by atoms with Crippen molar-refractivity contribution in [3.05, 3.63) is 35.4 Å². The lowest BCUT2D eigenvalue weighted by Crippen LogP contribution is -2.54. The molecule has 1 fully saturated rings. The maximum atomic E-state index is 3.58. The second kappa shape index (κ2) is 3.71. The van der Waals surface area contributed by atoms with Crippen LogP contribution in [0.15, 0.2) is 24.3 Å². The van der Waals surface area contributed by atoms with Crippen molar-refractivity contribution in [1.29, 1.82) is 0 Å². The summed E-state index contributed by atoms with van der Waals surface area (Å²) in [7, 11) is 0. The SMILES string of the molecule is Cc1cccc(C2(C)CNCCN2)c1. The first-order valence-electron chi connectivity index (χ1n) is 5.24. The Labute approximate surface area is 85.7 Å². The van der Waals surface area contributed by atoms with Gasteiger partial charge in [0.25, 0.3) is 0 Å². The lowest BCUT2D eigenvalue weighted by Gasteiger charge is -2.36. The molecule has 1 aromatic rings. The molecule has 0 bridgehead atoms. The molecule has 2 N–H and O–H groups in total. The summed E-state index contributed by atoms with van der Waals surface area (Å²) < 4.78 is 0. The quantitative estimate of drug-likeness (QED) is 0.699. The average molecular weight is 190 g/mol. The standard InChI is InChI=1S/C12H18N2/c1-10-4-3-5-11(8-10)12(2)9-13-6-7-14-12/h3-5,8,13-14H,6-7,9H2,1-2H3. The van der Waals surface area contributed by atoms with Crippen molar-refractivity contribution >= 4 is 0 Å². The third-order valence-corrected chi connectivity index (χ3v) is 2.95. The van der Waals surface area contributed by atoms with Crippen LogP contribution in [0.2, 0.25) is 0 Å². The molecule has 2 rings (SSSR count). The Bertz CT molecular complexity index is 314. The maximum absolute atomic E-state index is 3.58. The van der Waals surface area contributed by atoms with E-state index >= 15 is 0 Å². The highest BCUT2D eigenvalue weighted by Gasteiger charge is 2.27. The highest BCUT2D eigenvalue weighted by Crippen LogP contribution is 2.21. The molecule has 1 aliphatic rings. The normalized spacial score (nSPS) is 27.6.